The molecular formula is C24H26N4O4. The first-order valence-corrected chi connectivity index (χ1v) is 10.3. The van der Waals surface area contributed by atoms with Crippen molar-refractivity contribution in [2.45, 2.75) is 32.6 Å². The molecule has 0 spiro atoms. The molecule has 8 heteroatoms. The van der Waals surface area contributed by atoms with Crippen LogP contribution in [0.3, 0.4) is 0 Å². The highest BCUT2D eigenvalue weighted by Crippen LogP contribution is 2.52. The van der Waals surface area contributed by atoms with E-state index in [-0.39, 0.29) is 28.3 Å². The molecule has 32 heavy (non-hydrogen) atoms. The summed E-state index contributed by atoms with van der Waals surface area (Å²) in [4.78, 5) is 17.9. The molecule has 2 aromatic rings. The molecule has 1 aliphatic carbocycles. The van der Waals surface area contributed by atoms with E-state index in [0.29, 0.717) is 41.3 Å². The first-order valence-electron chi connectivity index (χ1n) is 10.3. The average Bonchev–Trinajstić information content (AvgIpc) is 2.76. The maximum absolute atomic E-state index is 13.4. The van der Waals surface area contributed by atoms with E-state index in [2.05, 4.69) is 30.2 Å². The lowest BCUT2D eigenvalue weighted by atomic mass is 9.69. The summed E-state index contributed by atoms with van der Waals surface area (Å²) in [5.41, 5.74) is 9.54. The average molecular weight is 434 g/mol. The summed E-state index contributed by atoms with van der Waals surface area (Å²) < 4.78 is 16.2. The van der Waals surface area contributed by atoms with Crippen LogP contribution in [0.4, 0.5) is 11.5 Å². The number of fused-ring (bicyclic) bond motifs is 1. The number of nitrogens with zero attached hydrogens (tertiary/aromatic N) is 2. The van der Waals surface area contributed by atoms with Crippen LogP contribution in [0.2, 0.25) is 0 Å². The number of methoxy groups -OCH3 is 3. The lowest BCUT2D eigenvalue weighted by Gasteiger charge is -2.39. The summed E-state index contributed by atoms with van der Waals surface area (Å²) in [7, 11) is 4.57. The van der Waals surface area contributed by atoms with Crippen LogP contribution >= 0.6 is 0 Å². The zero-order valence-electron chi connectivity index (χ0n) is 18.8. The van der Waals surface area contributed by atoms with Crippen LogP contribution in [0.1, 0.15) is 49.3 Å². The third-order valence-electron chi connectivity index (χ3n) is 6.05. The third-order valence-corrected chi connectivity index (χ3v) is 6.05. The fourth-order valence-electron chi connectivity index (χ4n) is 4.67. The molecule has 8 nitrogen and oxygen atoms in total. The van der Waals surface area contributed by atoms with Crippen molar-refractivity contribution < 1.29 is 19.0 Å². The molecule has 4 rings (SSSR count). The first-order chi connectivity index (χ1) is 15.2. The van der Waals surface area contributed by atoms with E-state index >= 15 is 0 Å². The number of anilines is 2. The quantitative estimate of drug-likeness (QED) is 0.746. The van der Waals surface area contributed by atoms with E-state index in [1.807, 2.05) is 12.1 Å². The molecule has 1 aromatic heterocycles. The zero-order valence-corrected chi connectivity index (χ0v) is 18.8. The number of hydrogen-bond acceptors (Lipinski definition) is 8. The Hall–Kier alpha value is -3.73. The van der Waals surface area contributed by atoms with Gasteiger partial charge in [0.25, 0.3) is 0 Å². The number of ketones is 1. The number of carbonyl (C=O) groups is 1. The van der Waals surface area contributed by atoms with E-state index in [0.717, 1.165) is 11.3 Å². The second kappa shape index (κ2) is 7.75. The number of aromatic nitrogens is 1. The van der Waals surface area contributed by atoms with Gasteiger partial charge in [-0.1, -0.05) is 19.9 Å². The molecule has 2 aliphatic rings. The van der Waals surface area contributed by atoms with Gasteiger partial charge in [-0.2, -0.15) is 10.2 Å². The SMILES string of the molecule is COc1ccc(C2C3=C(CC(C)(C)CC3=O)Nc3nc(OC)c(C#N)c(N)c32)cc1OC. The van der Waals surface area contributed by atoms with Crippen molar-refractivity contribution in [1.29, 1.82) is 5.26 Å². The minimum atomic E-state index is -0.504. The summed E-state index contributed by atoms with van der Waals surface area (Å²) >= 11 is 0. The summed E-state index contributed by atoms with van der Waals surface area (Å²) in [6.07, 6.45) is 1.10. The topological polar surface area (TPSA) is 119 Å². The fraction of sp³-hybridized carbons (Fsp3) is 0.375. The Morgan fingerprint density at radius 3 is 2.50 bits per heavy atom. The largest absolute Gasteiger partial charge is 0.493 e. The predicted molar refractivity (Wildman–Crippen MR) is 120 cm³/mol. The fourth-order valence-corrected chi connectivity index (χ4v) is 4.67. The second-order valence-electron chi connectivity index (χ2n) is 8.79. The molecule has 166 valence electrons. The van der Waals surface area contributed by atoms with Crippen molar-refractivity contribution in [3.63, 3.8) is 0 Å². The second-order valence-corrected chi connectivity index (χ2v) is 8.79. The molecule has 3 N–H and O–H groups in total. The lowest BCUT2D eigenvalue weighted by Crippen LogP contribution is -2.34. The van der Waals surface area contributed by atoms with Crippen molar-refractivity contribution in [3.05, 3.63) is 46.2 Å². The number of Topliss-reactive ketones (excluding diaryl/α,β-unsaturated/α-hetero) is 1. The molecule has 0 saturated carbocycles. The van der Waals surface area contributed by atoms with Crippen LogP contribution in [0, 0.1) is 16.7 Å². The van der Waals surface area contributed by atoms with Crippen molar-refractivity contribution in [2.24, 2.45) is 5.41 Å². The molecule has 2 heterocycles. The highest BCUT2D eigenvalue weighted by molar-refractivity contribution is 6.02. The third kappa shape index (κ3) is 3.30. The predicted octanol–water partition coefficient (Wildman–Crippen LogP) is 3.76. The van der Waals surface area contributed by atoms with Crippen LogP contribution in [-0.4, -0.2) is 32.1 Å². The van der Waals surface area contributed by atoms with Crippen LogP contribution in [0.15, 0.2) is 29.5 Å². The van der Waals surface area contributed by atoms with Gasteiger partial charge in [-0.25, -0.2) is 0 Å². The maximum Gasteiger partial charge on any atom is 0.235 e. The van der Waals surface area contributed by atoms with Crippen molar-refractivity contribution >= 4 is 17.3 Å². The van der Waals surface area contributed by atoms with Gasteiger partial charge in [-0.15, -0.1) is 0 Å². The van der Waals surface area contributed by atoms with Crippen LogP contribution in [-0.2, 0) is 4.79 Å². The van der Waals surface area contributed by atoms with Crippen molar-refractivity contribution in [1.82, 2.24) is 4.98 Å². The molecule has 0 fully saturated rings. The van der Waals surface area contributed by atoms with Gasteiger partial charge in [0, 0.05) is 29.2 Å². The molecule has 0 saturated heterocycles. The molecule has 1 unspecified atom stereocenters. The zero-order chi connectivity index (χ0) is 23.2. The summed E-state index contributed by atoms with van der Waals surface area (Å²) in [6.45, 7) is 4.14. The minimum Gasteiger partial charge on any atom is -0.493 e. The molecule has 0 radical (unpaired) electrons. The van der Waals surface area contributed by atoms with E-state index in [4.69, 9.17) is 19.9 Å². The monoisotopic (exact) mass is 434 g/mol. The smallest absolute Gasteiger partial charge is 0.235 e. The number of allylic oxidation sites excluding steroid dienone is 2. The Labute approximate surface area is 187 Å². The number of hydrogen-bond donors (Lipinski definition) is 2. The number of nitrogen functional groups attached to an aromatic ring is 1. The maximum atomic E-state index is 13.4. The Balaban J connectivity index is 2.03. The highest BCUT2D eigenvalue weighted by atomic mass is 16.5. The Kier molecular flexibility index (Phi) is 5.21. The molecule has 0 amide bonds. The normalized spacial score (nSPS) is 18.8. The molecule has 1 atom stereocenters. The van der Waals surface area contributed by atoms with Gasteiger partial charge in [0.2, 0.25) is 5.88 Å². The van der Waals surface area contributed by atoms with Gasteiger partial charge < -0.3 is 25.3 Å². The van der Waals surface area contributed by atoms with E-state index in [1.165, 1.54) is 7.11 Å². The van der Waals surface area contributed by atoms with Crippen LogP contribution in [0.25, 0.3) is 0 Å². The Morgan fingerprint density at radius 2 is 1.88 bits per heavy atom. The van der Waals surface area contributed by atoms with Crippen LogP contribution < -0.4 is 25.3 Å². The first kappa shape index (κ1) is 21.5. The summed E-state index contributed by atoms with van der Waals surface area (Å²) in [5.74, 6) is 1.29. The summed E-state index contributed by atoms with van der Waals surface area (Å²) in [6, 6.07) is 7.61. The van der Waals surface area contributed by atoms with Gasteiger partial charge in [0.05, 0.1) is 27.0 Å². The highest BCUT2D eigenvalue weighted by Gasteiger charge is 2.43. The minimum absolute atomic E-state index is 0.0444. The summed E-state index contributed by atoms with van der Waals surface area (Å²) in [5, 5.41) is 13.0. The van der Waals surface area contributed by atoms with Crippen LogP contribution in [0.5, 0.6) is 17.4 Å². The Morgan fingerprint density at radius 1 is 1.16 bits per heavy atom. The van der Waals surface area contributed by atoms with Crippen molar-refractivity contribution in [2.75, 3.05) is 32.4 Å². The van der Waals surface area contributed by atoms with Gasteiger partial charge in [-0.3, -0.25) is 4.79 Å². The molecule has 0 bridgehead atoms. The van der Waals surface area contributed by atoms with Gasteiger partial charge in [0.1, 0.15) is 17.5 Å². The number of pyridine rings is 1. The number of nitrogens with two attached hydrogens (primary N) is 1. The molecule has 1 aliphatic heterocycles. The van der Waals surface area contributed by atoms with Gasteiger partial charge in [-0.05, 0) is 29.5 Å². The number of nitrogens with one attached hydrogen (secondary N) is 1. The number of carbonyl (C=O) groups excluding carboxylic acids is 1. The Bertz CT molecular complexity index is 1190. The van der Waals surface area contributed by atoms with E-state index in [1.54, 1.807) is 20.3 Å². The van der Waals surface area contributed by atoms with Gasteiger partial charge >= 0.3 is 0 Å². The number of rotatable bonds is 4. The molecular weight excluding hydrogens is 408 g/mol. The number of nitriles is 1. The molecule has 1 aromatic carbocycles. The number of benzene rings is 1. The van der Waals surface area contributed by atoms with Crippen molar-refractivity contribution in [3.8, 4) is 23.4 Å². The van der Waals surface area contributed by atoms with E-state index in [9.17, 15) is 10.1 Å². The lowest BCUT2D eigenvalue weighted by molar-refractivity contribution is -0.118. The van der Waals surface area contributed by atoms with E-state index < -0.39 is 5.92 Å². The standard InChI is InChI=1S/C24H26N4O4/c1-24(2)9-14-19(15(29)10-24)18(12-6-7-16(30-3)17(8-12)31-4)20-21(26)13(11-25)23(32-5)28-22(20)27-14/h6-8,18H,9-10H2,1-5H3,(H3,26,27,28). The van der Waals surface area contributed by atoms with Gasteiger partial charge in [0.15, 0.2) is 17.3 Å². The number of ether oxygens (including phenoxy) is 3.